The number of hydrogen-bond acceptors (Lipinski definition) is 5. The van der Waals surface area contributed by atoms with Gasteiger partial charge in [-0.15, -0.1) is 0 Å². The first-order valence-corrected chi connectivity index (χ1v) is 13.2. The fraction of sp³-hybridized carbons (Fsp3) is 0.375. The Balaban J connectivity index is 1.81. The van der Waals surface area contributed by atoms with Crippen LogP contribution in [0.2, 0.25) is 0 Å². The summed E-state index contributed by atoms with van der Waals surface area (Å²) >= 11 is 0. The van der Waals surface area contributed by atoms with Crippen LogP contribution in [-0.2, 0) is 22.6 Å². The lowest BCUT2D eigenvalue weighted by Crippen LogP contribution is -2.54. The molecule has 0 spiro atoms. The second-order valence-electron chi connectivity index (χ2n) is 10.4. The molecule has 0 bridgehead atoms. The van der Waals surface area contributed by atoms with E-state index in [1.807, 2.05) is 99.6 Å². The van der Waals surface area contributed by atoms with Crippen LogP contribution >= 0.6 is 0 Å². The van der Waals surface area contributed by atoms with Crippen LogP contribution in [-0.4, -0.2) is 49.1 Å². The molecule has 0 aliphatic carbocycles. The maximum Gasteiger partial charge on any atom is 0.243 e. The summed E-state index contributed by atoms with van der Waals surface area (Å²) in [6.45, 7) is 6.48. The highest BCUT2D eigenvalue weighted by atomic mass is 16.5. The summed E-state index contributed by atoms with van der Waals surface area (Å²) in [7, 11) is 3.23. The molecule has 2 amide bonds. The molecule has 1 N–H and O–H groups in total. The Hall–Kier alpha value is -4.00. The highest BCUT2D eigenvalue weighted by Gasteiger charge is 2.32. The third kappa shape index (κ3) is 9.67. The van der Waals surface area contributed by atoms with Gasteiger partial charge in [0.05, 0.1) is 20.8 Å². The van der Waals surface area contributed by atoms with Gasteiger partial charge in [-0.25, -0.2) is 0 Å². The van der Waals surface area contributed by atoms with Gasteiger partial charge in [-0.2, -0.15) is 0 Å². The highest BCUT2D eigenvalue weighted by Crippen LogP contribution is 2.21. The minimum Gasteiger partial charge on any atom is -0.497 e. The number of hydrogen-bond donors (Lipinski definition) is 1. The van der Waals surface area contributed by atoms with Crippen molar-refractivity contribution < 1.29 is 23.8 Å². The molecule has 0 aliphatic heterocycles. The van der Waals surface area contributed by atoms with Gasteiger partial charge in [0.25, 0.3) is 0 Å². The maximum absolute atomic E-state index is 13.7. The fourth-order valence-corrected chi connectivity index (χ4v) is 4.20. The summed E-state index contributed by atoms with van der Waals surface area (Å²) in [5.41, 5.74) is 1.43. The van der Waals surface area contributed by atoms with Crippen molar-refractivity contribution in [1.29, 1.82) is 0 Å². The van der Waals surface area contributed by atoms with Crippen molar-refractivity contribution in [3.8, 4) is 17.2 Å². The number of carbonyl (C=O) groups is 2. The Kier molecular flexibility index (Phi) is 10.8. The number of methoxy groups -OCH3 is 2. The standard InChI is InChI=1S/C32H40N2O5/c1-32(2,3)33-31(36)29(22-24-11-7-6-8-12-24)34(23-25-13-9-14-28(21-25)38-5)30(35)15-10-20-39-27-18-16-26(37-4)17-19-27/h6-9,11-14,16-19,21,29H,10,15,20,22-23H2,1-5H3,(H,33,36)/t29-/m1/s1. The monoisotopic (exact) mass is 532 g/mol. The first-order chi connectivity index (χ1) is 18.7. The van der Waals surface area contributed by atoms with Crippen molar-refractivity contribution in [2.45, 2.75) is 58.2 Å². The van der Waals surface area contributed by atoms with Crippen molar-refractivity contribution in [2.24, 2.45) is 0 Å². The average molecular weight is 533 g/mol. The molecule has 3 rings (SSSR count). The van der Waals surface area contributed by atoms with Gasteiger partial charge < -0.3 is 24.4 Å². The SMILES string of the molecule is COc1ccc(OCCCC(=O)N(Cc2cccc(OC)c2)[C@H](Cc2ccccc2)C(=O)NC(C)(C)C)cc1. The topological polar surface area (TPSA) is 77.1 Å². The number of nitrogens with one attached hydrogen (secondary N) is 1. The molecule has 208 valence electrons. The van der Waals surface area contributed by atoms with Crippen LogP contribution in [0.4, 0.5) is 0 Å². The predicted molar refractivity (Wildman–Crippen MR) is 153 cm³/mol. The van der Waals surface area contributed by atoms with Crippen LogP contribution in [0.5, 0.6) is 17.2 Å². The van der Waals surface area contributed by atoms with Gasteiger partial charge in [-0.1, -0.05) is 42.5 Å². The molecule has 0 heterocycles. The Labute approximate surface area is 232 Å². The molecule has 0 radical (unpaired) electrons. The second kappa shape index (κ2) is 14.2. The van der Waals surface area contributed by atoms with E-state index >= 15 is 0 Å². The number of nitrogens with zero attached hydrogens (tertiary/aromatic N) is 1. The van der Waals surface area contributed by atoms with Crippen molar-refractivity contribution in [2.75, 3.05) is 20.8 Å². The summed E-state index contributed by atoms with van der Waals surface area (Å²) in [6, 6.07) is 24.0. The van der Waals surface area contributed by atoms with Crippen LogP contribution in [0.1, 0.15) is 44.7 Å². The van der Waals surface area contributed by atoms with E-state index in [-0.39, 0.29) is 24.8 Å². The molecule has 39 heavy (non-hydrogen) atoms. The zero-order valence-electron chi connectivity index (χ0n) is 23.6. The van der Waals surface area contributed by atoms with Crippen LogP contribution < -0.4 is 19.5 Å². The number of carbonyl (C=O) groups excluding carboxylic acids is 2. The molecule has 3 aromatic rings. The summed E-state index contributed by atoms with van der Waals surface area (Å²) in [6.07, 6.45) is 1.16. The predicted octanol–water partition coefficient (Wildman–Crippen LogP) is 5.42. The van der Waals surface area contributed by atoms with Crippen molar-refractivity contribution >= 4 is 11.8 Å². The molecular weight excluding hydrogens is 492 g/mol. The number of ether oxygens (including phenoxy) is 3. The maximum atomic E-state index is 13.7. The first-order valence-electron chi connectivity index (χ1n) is 13.2. The van der Waals surface area contributed by atoms with E-state index in [2.05, 4.69) is 5.32 Å². The van der Waals surface area contributed by atoms with Crippen molar-refractivity contribution in [1.82, 2.24) is 10.2 Å². The van der Waals surface area contributed by atoms with Crippen LogP contribution in [0.15, 0.2) is 78.9 Å². The van der Waals surface area contributed by atoms with E-state index < -0.39 is 11.6 Å². The first kappa shape index (κ1) is 29.6. The van der Waals surface area contributed by atoms with E-state index in [0.29, 0.717) is 30.9 Å². The Morgan fingerprint density at radius 3 is 2.10 bits per heavy atom. The Morgan fingerprint density at radius 1 is 0.821 bits per heavy atom. The number of amides is 2. The van der Waals surface area contributed by atoms with Crippen LogP contribution in [0.25, 0.3) is 0 Å². The van der Waals surface area contributed by atoms with Gasteiger partial charge in [0.1, 0.15) is 23.3 Å². The summed E-state index contributed by atoms with van der Waals surface area (Å²) < 4.78 is 16.4. The number of benzene rings is 3. The van der Waals surface area contributed by atoms with Gasteiger partial charge in [0.2, 0.25) is 11.8 Å². The molecule has 0 unspecified atom stereocenters. The average Bonchev–Trinajstić information content (AvgIpc) is 2.93. The fourth-order valence-electron chi connectivity index (χ4n) is 4.20. The molecule has 0 aromatic heterocycles. The largest absolute Gasteiger partial charge is 0.497 e. The minimum absolute atomic E-state index is 0.110. The van der Waals surface area contributed by atoms with Crippen LogP contribution in [0, 0.1) is 0 Å². The molecule has 1 atom stereocenters. The molecule has 0 fully saturated rings. The zero-order valence-corrected chi connectivity index (χ0v) is 23.6. The lowest BCUT2D eigenvalue weighted by atomic mass is 10.00. The molecule has 7 nitrogen and oxygen atoms in total. The van der Waals surface area contributed by atoms with Gasteiger partial charge >= 0.3 is 0 Å². The number of rotatable bonds is 13. The van der Waals surface area contributed by atoms with E-state index in [0.717, 1.165) is 16.9 Å². The third-order valence-corrected chi connectivity index (χ3v) is 6.12. The normalized spacial score (nSPS) is 11.8. The Bertz CT molecular complexity index is 1190. The van der Waals surface area contributed by atoms with E-state index in [4.69, 9.17) is 14.2 Å². The van der Waals surface area contributed by atoms with Gasteiger partial charge in [0.15, 0.2) is 0 Å². The summed E-state index contributed by atoms with van der Waals surface area (Å²) in [5, 5.41) is 3.09. The van der Waals surface area contributed by atoms with Crippen molar-refractivity contribution in [3.05, 3.63) is 90.0 Å². The molecular formula is C32H40N2O5. The quantitative estimate of drug-likeness (QED) is 0.298. The van der Waals surface area contributed by atoms with E-state index in [1.54, 1.807) is 19.1 Å². The lowest BCUT2D eigenvalue weighted by Gasteiger charge is -2.34. The smallest absolute Gasteiger partial charge is 0.243 e. The van der Waals surface area contributed by atoms with Crippen molar-refractivity contribution in [3.63, 3.8) is 0 Å². The van der Waals surface area contributed by atoms with Crippen LogP contribution in [0.3, 0.4) is 0 Å². The molecule has 0 saturated carbocycles. The third-order valence-electron chi connectivity index (χ3n) is 6.12. The summed E-state index contributed by atoms with van der Waals surface area (Å²) in [4.78, 5) is 29.1. The van der Waals surface area contributed by atoms with E-state index in [9.17, 15) is 9.59 Å². The van der Waals surface area contributed by atoms with E-state index in [1.165, 1.54) is 0 Å². The second-order valence-corrected chi connectivity index (χ2v) is 10.4. The molecule has 0 saturated heterocycles. The minimum atomic E-state index is -0.687. The Morgan fingerprint density at radius 2 is 1.46 bits per heavy atom. The van der Waals surface area contributed by atoms with Gasteiger partial charge in [-0.05, 0) is 74.7 Å². The zero-order chi connectivity index (χ0) is 28.3. The summed E-state index contributed by atoms with van der Waals surface area (Å²) in [5.74, 6) is 1.87. The van der Waals surface area contributed by atoms with Gasteiger partial charge in [0, 0.05) is 24.9 Å². The van der Waals surface area contributed by atoms with Gasteiger partial charge in [-0.3, -0.25) is 9.59 Å². The lowest BCUT2D eigenvalue weighted by molar-refractivity contribution is -0.142. The molecule has 3 aromatic carbocycles. The molecule has 0 aliphatic rings. The molecule has 7 heteroatoms. The highest BCUT2D eigenvalue weighted by molar-refractivity contribution is 5.88.